The average Bonchev–Trinajstić information content (AvgIpc) is 1.79. The van der Waals surface area contributed by atoms with Gasteiger partial charge in [0.05, 0.1) is 0 Å². The summed E-state index contributed by atoms with van der Waals surface area (Å²) in [5, 5.41) is 0. The molecule has 0 heterocycles. The standard InChI is InChI=1S/2C7H11.W/c2*1-6(2)5-7(3)4;/h2*1,5H,2-4H3;/q2*-1;+2. The predicted octanol–water partition coefficient (Wildman–Crippen LogP) is 4.66. The van der Waals surface area contributed by atoms with E-state index in [0.717, 1.165) is 11.1 Å². The molecule has 0 aromatic rings. The van der Waals surface area contributed by atoms with Gasteiger partial charge in [-0.05, 0) is 0 Å². The molecule has 0 unspecified atom stereocenters. The normalized spacial score (nSPS) is 7.33. The van der Waals surface area contributed by atoms with Crippen LogP contribution in [0.2, 0.25) is 0 Å². The third-order valence-electron chi connectivity index (χ3n) is 1.03. The molecule has 84 valence electrons. The van der Waals surface area contributed by atoms with Crippen LogP contribution < -0.4 is 0 Å². The molecule has 0 aromatic carbocycles. The molecular weight excluding hydrogens is 352 g/mol. The van der Waals surface area contributed by atoms with Gasteiger partial charge in [0.1, 0.15) is 0 Å². The summed E-state index contributed by atoms with van der Waals surface area (Å²) in [6.07, 6.45) is 3.89. The van der Waals surface area contributed by atoms with Gasteiger partial charge in [-0.25, -0.2) is 23.3 Å². The molecule has 0 rings (SSSR count). The zero-order valence-corrected chi connectivity index (χ0v) is 13.7. The Bertz CT molecular complexity index is 219. The van der Waals surface area contributed by atoms with Crippen molar-refractivity contribution in [1.82, 2.24) is 0 Å². The van der Waals surface area contributed by atoms with Crippen LogP contribution in [0.25, 0.3) is 0 Å². The van der Waals surface area contributed by atoms with Gasteiger partial charge in [0.25, 0.3) is 0 Å². The van der Waals surface area contributed by atoms with Crippen molar-refractivity contribution in [2.75, 3.05) is 0 Å². The Morgan fingerprint density at radius 3 is 0.867 bits per heavy atom. The number of hydrogen-bond donors (Lipinski definition) is 0. The molecule has 15 heavy (non-hydrogen) atoms. The first-order valence-corrected chi connectivity index (χ1v) is 4.73. The van der Waals surface area contributed by atoms with Gasteiger partial charge in [-0.1, -0.05) is 41.5 Å². The second-order valence-electron chi connectivity index (χ2n) is 3.93. The molecule has 0 atom stereocenters. The molecule has 0 saturated carbocycles. The van der Waals surface area contributed by atoms with Crippen LogP contribution in [0.3, 0.4) is 0 Å². The summed E-state index contributed by atoms with van der Waals surface area (Å²) < 4.78 is 0. The third kappa shape index (κ3) is 31.7. The van der Waals surface area contributed by atoms with Crippen molar-refractivity contribution in [1.29, 1.82) is 0 Å². The first-order chi connectivity index (χ1) is 6.25. The van der Waals surface area contributed by atoms with Gasteiger partial charge in [0, 0.05) is 0 Å². The minimum atomic E-state index is 0. The fraction of sp³-hybridized carbons (Fsp3) is 0.429. The number of rotatable bonds is 2. The summed E-state index contributed by atoms with van der Waals surface area (Å²) in [7, 11) is 0. The molecular formula is C14H22W. The quantitative estimate of drug-likeness (QED) is 0.487. The Kier molecular flexibility index (Phi) is 15.7. The van der Waals surface area contributed by atoms with Crippen molar-refractivity contribution in [3.63, 3.8) is 0 Å². The summed E-state index contributed by atoms with van der Waals surface area (Å²) in [6, 6.07) is 0. The molecule has 0 nitrogen and oxygen atoms in total. The molecule has 0 radical (unpaired) electrons. The molecule has 0 fully saturated rings. The molecule has 0 aliphatic carbocycles. The summed E-state index contributed by atoms with van der Waals surface area (Å²) >= 11 is 0. The molecule has 0 amide bonds. The van der Waals surface area contributed by atoms with Gasteiger partial charge < -0.3 is 0 Å². The molecule has 0 N–H and O–H groups in total. The van der Waals surface area contributed by atoms with Gasteiger partial charge in [0.15, 0.2) is 0 Å². The molecule has 0 aromatic heterocycles. The van der Waals surface area contributed by atoms with Gasteiger partial charge in [0.2, 0.25) is 0 Å². The Morgan fingerprint density at radius 1 is 0.667 bits per heavy atom. The molecule has 0 bridgehead atoms. The maximum absolute atomic E-state index is 5.33. The Morgan fingerprint density at radius 2 is 0.867 bits per heavy atom. The Hall–Kier alpha value is -0.352. The van der Waals surface area contributed by atoms with E-state index >= 15 is 0 Å². The van der Waals surface area contributed by atoms with Crippen molar-refractivity contribution in [2.45, 2.75) is 41.5 Å². The minimum Gasteiger partial charge on any atom is -0.290 e. The van der Waals surface area contributed by atoms with Crippen molar-refractivity contribution >= 4 is 0 Å². The van der Waals surface area contributed by atoms with E-state index in [1.54, 1.807) is 0 Å². The van der Waals surface area contributed by atoms with E-state index in [9.17, 15) is 0 Å². The van der Waals surface area contributed by atoms with E-state index in [-0.39, 0.29) is 21.1 Å². The molecule has 1 heteroatoms. The Labute approximate surface area is 110 Å². The zero-order valence-electron chi connectivity index (χ0n) is 10.7. The van der Waals surface area contributed by atoms with E-state index in [0.29, 0.717) is 0 Å². The summed E-state index contributed by atoms with van der Waals surface area (Å²) in [6.45, 7) is 22.5. The van der Waals surface area contributed by atoms with Crippen LogP contribution in [0.1, 0.15) is 41.5 Å². The van der Waals surface area contributed by atoms with Crippen molar-refractivity contribution in [3.05, 3.63) is 47.6 Å². The first-order valence-electron chi connectivity index (χ1n) is 4.73. The smallest absolute Gasteiger partial charge is 0.290 e. The van der Waals surface area contributed by atoms with Crippen molar-refractivity contribution in [2.24, 2.45) is 0 Å². The molecule has 0 saturated heterocycles. The molecule has 0 aliphatic heterocycles. The fourth-order valence-electron chi connectivity index (χ4n) is 0.911. The van der Waals surface area contributed by atoms with E-state index in [1.807, 2.05) is 53.7 Å². The topological polar surface area (TPSA) is 0 Å². The second kappa shape index (κ2) is 11.7. The summed E-state index contributed by atoms with van der Waals surface area (Å²) in [4.78, 5) is 0. The van der Waals surface area contributed by atoms with Crippen LogP contribution in [-0.2, 0) is 21.1 Å². The van der Waals surface area contributed by atoms with Gasteiger partial charge in [-0.3, -0.25) is 13.2 Å². The van der Waals surface area contributed by atoms with Gasteiger partial charge in [-0.15, -0.1) is 0 Å². The largest absolute Gasteiger partial charge is 2.00 e. The first kappa shape index (κ1) is 20.1. The van der Waals surface area contributed by atoms with Crippen LogP contribution in [0.5, 0.6) is 0 Å². The van der Waals surface area contributed by atoms with E-state index in [1.165, 1.54) is 11.1 Å². The van der Waals surface area contributed by atoms with Crippen molar-refractivity contribution < 1.29 is 21.1 Å². The maximum Gasteiger partial charge on any atom is 2.00 e. The summed E-state index contributed by atoms with van der Waals surface area (Å²) in [5.41, 5.74) is 4.25. The second-order valence-corrected chi connectivity index (χ2v) is 3.93. The van der Waals surface area contributed by atoms with Crippen LogP contribution in [0, 0.1) is 13.2 Å². The Balaban J connectivity index is -0.000000180. The SMILES string of the molecule is [CH-]=C(C)C=C(C)C.[CH-]=C(C)C=C(C)C.[W+2]. The maximum atomic E-state index is 5.33. The van der Waals surface area contributed by atoms with E-state index < -0.39 is 0 Å². The average molecular weight is 374 g/mol. The van der Waals surface area contributed by atoms with E-state index in [4.69, 9.17) is 13.2 Å². The fourth-order valence-corrected chi connectivity index (χ4v) is 0.911. The van der Waals surface area contributed by atoms with E-state index in [2.05, 4.69) is 0 Å². The molecule has 0 aliphatic rings. The van der Waals surface area contributed by atoms with Gasteiger partial charge >= 0.3 is 21.1 Å². The van der Waals surface area contributed by atoms with Crippen LogP contribution in [0.4, 0.5) is 0 Å². The number of allylic oxidation sites excluding steroid dienone is 6. The predicted molar refractivity (Wildman–Crippen MR) is 65.8 cm³/mol. The third-order valence-corrected chi connectivity index (χ3v) is 1.03. The monoisotopic (exact) mass is 374 g/mol. The van der Waals surface area contributed by atoms with Crippen LogP contribution >= 0.6 is 0 Å². The summed E-state index contributed by atoms with van der Waals surface area (Å²) in [5.74, 6) is 0. The van der Waals surface area contributed by atoms with Gasteiger partial charge in [-0.2, -0.15) is 11.1 Å². The zero-order chi connectivity index (χ0) is 11.7. The van der Waals surface area contributed by atoms with Crippen molar-refractivity contribution in [3.8, 4) is 0 Å². The van der Waals surface area contributed by atoms with Crippen LogP contribution in [-0.4, -0.2) is 0 Å². The van der Waals surface area contributed by atoms with Crippen LogP contribution in [0.15, 0.2) is 34.4 Å². The molecule has 0 spiro atoms. The number of hydrogen-bond acceptors (Lipinski definition) is 0. The minimum absolute atomic E-state index is 0.